The lowest BCUT2D eigenvalue weighted by molar-refractivity contribution is -0.137. The predicted octanol–water partition coefficient (Wildman–Crippen LogP) is -0.187. The summed E-state index contributed by atoms with van der Waals surface area (Å²) in [7, 11) is 0. The molecule has 0 spiro atoms. The number of aliphatic carboxylic acids is 1. The number of hydrogen-bond donors (Lipinski definition) is 4. The van der Waals surface area contributed by atoms with Gasteiger partial charge in [-0.2, -0.15) is 5.21 Å². The molecule has 1 aliphatic carbocycles. The first-order valence-corrected chi connectivity index (χ1v) is 6.08. The van der Waals surface area contributed by atoms with E-state index in [4.69, 9.17) is 5.11 Å². The summed E-state index contributed by atoms with van der Waals surface area (Å²) in [4.78, 5) is 22.5. The molecule has 0 bridgehead atoms. The molecule has 2 amide bonds. The lowest BCUT2D eigenvalue weighted by Gasteiger charge is -2.18. The zero-order chi connectivity index (χ0) is 13.8. The van der Waals surface area contributed by atoms with Gasteiger partial charge in [-0.05, 0) is 25.7 Å². The minimum Gasteiger partial charge on any atom is -0.481 e. The van der Waals surface area contributed by atoms with E-state index in [1.807, 2.05) is 0 Å². The van der Waals surface area contributed by atoms with Gasteiger partial charge in [0.05, 0.1) is 12.5 Å². The molecule has 1 saturated carbocycles. The Labute approximate surface area is 109 Å². The number of aromatic nitrogens is 4. The first-order valence-electron chi connectivity index (χ1n) is 6.08. The molecule has 0 aromatic carbocycles. The smallest absolute Gasteiger partial charge is 0.315 e. The zero-order valence-corrected chi connectivity index (χ0v) is 10.5. The molecule has 1 aromatic rings. The van der Waals surface area contributed by atoms with Crippen molar-refractivity contribution in [2.24, 2.45) is 5.92 Å². The van der Waals surface area contributed by atoms with Gasteiger partial charge in [0.2, 0.25) is 0 Å². The van der Waals surface area contributed by atoms with Crippen LogP contribution in [0.1, 0.15) is 38.1 Å². The zero-order valence-electron chi connectivity index (χ0n) is 10.5. The average molecular weight is 268 g/mol. The maximum atomic E-state index is 11.8. The van der Waals surface area contributed by atoms with Crippen LogP contribution in [0, 0.1) is 5.92 Å². The van der Waals surface area contributed by atoms with E-state index in [2.05, 4.69) is 31.3 Å². The van der Waals surface area contributed by atoms with Crippen LogP contribution in [0.3, 0.4) is 0 Å². The Morgan fingerprint density at radius 3 is 2.74 bits per heavy atom. The van der Waals surface area contributed by atoms with Crippen LogP contribution in [0.25, 0.3) is 0 Å². The van der Waals surface area contributed by atoms with Crippen LogP contribution in [0.5, 0.6) is 0 Å². The minimum atomic E-state index is -0.914. The SMILES string of the molecule is CC(NC(=O)NC(CC(=O)O)C1CC1)c1nn[nH]n1. The topological polar surface area (TPSA) is 133 Å². The Hall–Kier alpha value is -2.19. The van der Waals surface area contributed by atoms with Crippen molar-refractivity contribution < 1.29 is 14.7 Å². The predicted molar refractivity (Wildman–Crippen MR) is 63.0 cm³/mol. The third-order valence-electron chi connectivity index (χ3n) is 3.00. The van der Waals surface area contributed by atoms with Crippen LogP contribution in [0.4, 0.5) is 4.79 Å². The maximum Gasteiger partial charge on any atom is 0.315 e. The summed E-state index contributed by atoms with van der Waals surface area (Å²) in [5, 5.41) is 27.4. The lowest BCUT2D eigenvalue weighted by Crippen LogP contribution is -2.45. The Bertz CT molecular complexity index is 444. The van der Waals surface area contributed by atoms with Gasteiger partial charge in [0, 0.05) is 6.04 Å². The Morgan fingerprint density at radius 1 is 1.47 bits per heavy atom. The van der Waals surface area contributed by atoms with E-state index < -0.39 is 18.0 Å². The van der Waals surface area contributed by atoms with E-state index >= 15 is 0 Å². The molecule has 1 aromatic heterocycles. The van der Waals surface area contributed by atoms with E-state index in [1.165, 1.54) is 0 Å². The number of carbonyl (C=O) groups excluding carboxylic acids is 1. The number of urea groups is 1. The summed E-state index contributed by atoms with van der Waals surface area (Å²) < 4.78 is 0. The monoisotopic (exact) mass is 268 g/mol. The van der Waals surface area contributed by atoms with Crippen LogP contribution in [0.15, 0.2) is 0 Å². The van der Waals surface area contributed by atoms with E-state index in [1.54, 1.807) is 6.92 Å². The van der Waals surface area contributed by atoms with Gasteiger partial charge in [0.25, 0.3) is 0 Å². The molecule has 1 fully saturated rings. The molecule has 104 valence electrons. The second-order valence-corrected chi connectivity index (χ2v) is 4.65. The number of amides is 2. The van der Waals surface area contributed by atoms with Crippen molar-refractivity contribution in [2.45, 2.75) is 38.3 Å². The summed E-state index contributed by atoms with van der Waals surface area (Å²) in [6.07, 6.45) is 1.85. The third kappa shape index (κ3) is 3.90. The molecule has 9 heteroatoms. The van der Waals surface area contributed by atoms with Crippen LogP contribution < -0.4 is 10.6 Å². The molecular weight excluding hydrogens is 252 g/mol. The second kappa shape index (κ2) is 5.63. The largest absolute Gasteiger partial charge is 0.481 e. The standard InChI is InChI=1S/C10H16N6O3/c1-5(9-13-15-16-14-9)11-10(19)12-7(4-8(17)18)6-2-3-6/h5-7H,2-4H2,1H3,(H,17,18)(H2,11,12,19)(H,13,14,15,16). The third-order valence-corrected chi connectivity index (χ3v) is 3.00. The number of carbonyl (C=O) groups is 2. The summed E-state index contributed by atoms with van der Waals surface area (Å²) in [6.45, 7) is 1.72. The number of H-pyrrole nitrogens is 1. The molecule has 9 nitrogen and oxygen atoms in total. The van der Waals surface area contributed by atoms with Gasteiger partial charge in [-0.25, -0.2) is 4.79 Å². The first kappa shape index (κ1) is 13.2. The average Bonchev–Trinajstić information content (AvgIpc) is 3.02. The van der Waals surface area contributed by atoms with Gasteiger partial charge in [0.1, 0.15) is 0 Å². The first-order chi connectivity index (χ1) is 9.06. The Morgan fingerprint density at radius 2 is 2.21 bits per heavy atom. The molecule has 1 heterocycles. The van der Waals surface area contributed by atoms with Crippen LogP contribution in [-0.2, 0) is 4.79 Å². The molecule has 2 unspecified atom stereocenters. The number of carboxylic acid groups (broad SMARTS) is 1. The highest BCUT2D eigenvalue weighted by atomic mass is 16.4. The number of carboxylic acids is 1. The molecule has 0 saturated heterocycles. The van der Waals surface area contributed by atoms with Gasteiger partial charge in [-0.3, -0.25) is 4.79 Å². The summed E-state index contributed by atoms with van der Waals surface area (Å²) in [5.41, 5.74) is 0. The van der Waals surface area contributed by atoms with Gasteiger partial charge < -0.3 is 15.7 Å². The molecule has 19 heavy (non-hydrogen) atoms. The van der Waals surface area contributed by atoms with Gasteiger partial charge in [-0.15, -0.1) is 10.2 Å². The fourth-order valence-electron chi connectivity index (χ4n) is 1.85. The molecular formula is C10H16N6O3. The molecule has 4 N–H and O–H groups in total. The number of aromatic amines is 1. The van der Waals surface area contributed by atoms with Gasteiger partial charge in [-0.1, -0.05) is 5.21 Å². The van der Waals surface area contributed by atoms with Crippen molar-refractivity contribution in [1.82, 2.24) is 31.3 Å². The van der Waals surface area contributed by atoms with Crippen molar-refractivity contribution in [3.8, 4) is 0 Å². The van der Waals surface area contributed by atoms with E-state index in [0.29, 0.717) is 5.82 Å². The van der Waals surface area contributed by atoms with Gasteiger partial charge in [0.15, 0.2) is 5.82 Å². The van der Waals surface area contributed by atoms with Crippen LogP contribution >= 0.6 is 0 Å². The van der Waals surface area contributed by atoms with Crippen LogP contribution in [-0.4, -0.2) is 43.8 Å². The molecule has 2 atom stereocenters. The highest BCUT2D eigenvalue weighted by Gasteiger charge is 2.34. The van der Waals surface area contributed by atoms with Crippen molar-refractivity contribution in [3.63, 3.8) is 0 Å². The van der Waals surface area contributed by atoms with E-state index in [0.717, 1.165) is 12.8 Å². The van der Waals surface area contributed by atoms with Crippen molar-refractivity contribution in [1.29, 1.82) is 0 Å². The number of rotatable bonds is 6. The number of hydrogen-bond acceptors (Lipinski definition) is 5. The second-order valence-electron chi connectivity index (χ2n) is 4.65. The quantitative estimate of drug-likeness (QED) is 0.565. The minimum absolute atomic E-state index is 0.0608. The Balaban J connectivity index is 1.83. The fourth-order valence-corrected chi connectivity index (χ4v) is 1.85. The summed E-state index contributed by atoms with van der Waals surface area (Å²) in [6, 6.07) is -1.14. The van der Waals surface area contributed by atoms with E-state index in [9.17, 15) is 9.59 Å². The number of nitrogens with zero attached hydrogens (tertiary/aromatic N) is 3. The van der Waals surface area contributed by atoms with Crippen molar-refractivity contribution >= 4 is 12.0 Å². The molecule has 1 aliphatic rings. The number of nitrogens with one attached hydrogen (secondary N) is 3. The van der Waals surface area contributed by atoms with Crippen molar-refractivity contribution in [2.75, 3.05) is 0 Å². The van der Waals surface area contributed by atoms with Crippen molar-refractivity contribution in [3.05, 3.63) is 5.82 Å². The normalized spacial score (nSPS) is 17.5. The highest BCUT2D eigenvalue weighted by Crippen LogP contribution is 2.34. The number of tetrazole rings is 1. The summed E-state index contributed by atoms with van der Waals surface area (Å²) >= 11 is 0. The fraction of sp³-hybridized carbons (Fsp3) is 0.700. The van der Waals surface area contributed by atoms with Gasteiger partial charge >= 0.3 is 12.0 Å². The molecule has 0 aliphatic heterocycles. The van der Waals surface area contributed by atoms with E-state index in [-0.39, 0.29) is 18.4 Å². The molecule has 2 rings (SSSR count). The lowest BCUT2D eigenvalue weighted by atomic mass is 10.1. The maximum absolute atomic E-state index is 11.8. The highest BCUT2D eigenvalue weighted by molar-refractivity contribution is 5.76. The summed E-state index contributed by atoms with van der Waals surface area (Å²) in [5.74, 6) is -0.276. The Kier molecular flexibility index (Phi) is 3.93. The molecule has 0 radical (unpaired) electrons. The van der Waals surface area contributed by atoms with Crippen LogP contribution in [0.2, 0.25) is 0 Å².